The Balaban J connectivity index is 1.63. The van der Waals surface area contributed by atoms with Crippen molar-refractivity contribution in [1.29, 1.82) is 0 Å². The van der Waals surface area contributed by atoms with Crippen molar-refractivity contribution in [2.45, 2.75) is 49.0 Å². The van der Waals surface area contributed by atoms with E-state index in [0.29, 0.717) is 26.9 Å². The van der Waals surface area contributed by atoms with E-state index in [1.165, 1.54) is 36.3 Å². The van der Waals surface area contributed by atoms with E-state index >= 15 is 0 Å². The summed E-state index contributed by atoms with van der Waals surface area (Å²) in [4.78, 5) is 42.4. The number of hydrogen-bond acceptors (Lipinski definition) is 8. The number of carboxylic acids is 1. The monoisotopic (exact) mass is 582 g/mol. The van der Waals surface area contributed by atoms with Crippen LogP contribution in [0.15, 0.2) is 78.0 Å². The van der Waals surface area contributed by atoms with E-state index in [1.54, 1.807) is 55.5 Å². The maximum atomic E-state index is 13.8. The maximum Gasteiger partial charge on any atom is 0.328 e. The minimum absolute atomic E-state index is 0.172. The number of pyridine rings is 1. The van der Waals surface area contributed by atoms with Gasteiger partial charge in [-0.1, -0.05) is 29.8 Å². The summed E-state index contributed by atoms with van der Waals surface area (Å²) in [7, 11) is -4.52. The van der Waals surface area contributed by atoms with E-state index in [9.17, 15) is 27.9 Å². The fraction of sp³-hybridized carbons (Fsp3) is 0.286. The number of rotatable bonds is 9. The first-order chi connectivity index (χ1) is 18.9. The van der Waals surface area contributed by atoms with Gasteiger partial charge in [-0.2, -0.15) is 0 Å². The normalized spacial score (nSPS) is 17.1. The third-order valence-electron chi connectivity index (χ3n) is 6.30. The molecular weight excluding hydrogens is 552 g/mol. The second kappa shape index (κ2) is 11.8. The number of sulfonamides is 1. The smallest absolute Gasteiger partial charge is 0.328 e. The predicted molar refractivity (Wildman–Crippen MR) is 152 cm³/mol. The van der Waals surface area contributed by atoms with Gasteiger partial charge in [0.15, 0.2) is 0 Å². The third kappa shape index (κ3) is 6.69. The molecule has 40 heavy (non-hydrogen) atoms. The molecule has 12 heteroatoms. The molecule has 3 aromatic rings. The fourth-order valence-electron chi connectivity index (χ4n) is 4.17. The van der Waals surface area contributed by atoms with Crippen molar-refractivity contribution in [3.63, 3.8) is 0 Å². The first kappa shape index (κ1) is 29.2. The number of carboxylic acid groups (broad SMARTS) is 1. The number of anilines is 1. The number of carbonyl (C=O) groups is 3. The van der Waals surface area contributed by atoms with Crippen LogP contribution in [-0.2, 0) is 26.0 Å². The van der Waals surface area contributed by atoms with Crippen LogP contribution in [0.3, 0.4) is 0 Å². The van der Waals surface area contributed by atoms with Gasteiger partial charge in [0.05, 0.1) is 4.90 Å². The van der Waals surface area contributed by atoms with E-state index in [-0.39, 0.29) is 17.2 Å². The Morgan fingerprint density at radius 2 is 1.70 bits per heavy atom. The molecule has 10 nitrogen and oxygen atoms in total. The van der Waals surface area contributed by atoms with Crippen molar-refractivity contribution < 1.29 is 27.9 Å². The lowest BCUT2D eigenvalue weighted by Crippen LogP contribution is -2.55. The van der Waals surface area contributed by atoms with Gasteiger partial charge in [0.1, 0.15) is 11.4 Å². The number of benzene rings is 2. The molecular formula is C28H30N4O6S2. The lowest BCUT2D eigenvalue weighted by molar-refractivity contribution is -0.146. The number of nitrogens with zero attached hydrogens (tertiary/aromatic N) is 2. The standard InChI is InChI=1S/C28H30N4O6S2/c1-18-4-10-22(11-5-18)40(37,38)32(26(34)25-31-28(2,3)17-39-25)23(27(35)36)16-19-6-8-21(9-7-19)30-24(33)20-12-14-29-15-13-20/h4-15,23,25,31H,16-17H2,1-3H3,(H,30,33)(H,35,36)/t23-,25-/m0/s1. The molecule has 1 aliphatic heterocycles. The van der Waals surface area contributed by atoms with Crippen molar-refractivity contribution in [2.24, 2.45) is 0 Å². The third-order valence-corrected chi connectivity index (χ3v) is 9.66. The number of nitrogens with one attached hydrogen (secondary N) is 2. The van der Waals surface area contributed by atoms with E-state index in [2.05, 4.69) is 15.6 Å². The Morgan fingerprint density at radius 3 is 2.25 bits per heavy atom. The average Bonchev–Trinajstić information content (AvgIpc) is 3.29. The highest BCUT2D eigenvalue weighted by Crippen LogP contribution is 2.31. The SMILES string of the molecule is Cc1ccc(S(=O)(=O)N(C(=O)[C@H]2NC(C)(C)CS2)[C@@H](Cc2ccc(NC(=O)c3ccncc3)cc2)C(=O)O)cc1. The van der Waals surface area contributed by atoms with Crippen molar-refractivity contribution in [2.75, 3.05) is 11.1 Å². The molecule has 2 atom stereocenters. The van der Waals surface area contributed by atoms with Gasteiger partial charge in [-0.25, -0.2) is 17.5 Å². The molecule has 1 aromatic heterocycles. The largest absolute Gasteiger partial charge is 0.480 e. The van der Waals surface area contributed by atoms with Gasteiger partial charge in [0.2, 0.25) is 0 Å². The van der Waals surface area contributed by atoms with Crippen molar-refractivity contribution >= 4 is 45.3 Å². The number of hydrogen-bond donors (Lipinski definition) is 3. The summed E-state index contributed by atoms with van der Waals surface area (Å²) in [5.74, 6) is -2.10. The number of amides is 2. The van der Waals surface area contributed by atoms with E-state index < -0.39 is 38.9 Å². The number of thioether (sulfide) groups is 1. The molecule has 2 amide bonds. The average molecular weight is 583 g/mol. The van der Waals surface area contributed by atoms with Crippen LogP contribution in [0.25, 0.3) is 0 Å². The van der Waals surface area contributed by atoms with Gasteiger partial charge in [-0.05, 0) is 62.7 Å². The molecule has 0 unspecified atom stereocenters. The van der Waals surface area contributed by atoms with Gasteiger partial charge in [0, 0.05) is 41.4 Å². The second-order valence-corrected chi connectivity index (χ2v) is 13.0. The molecule has 0 spiro atoms. The highest BCUT2D eigenvalue weighted by atomic mass is 32.2. The summed E-state index contributed by atoms with van der Waals surface area (Å²) < 4.78 is 28.1. The molecule has 1 saturated heterocycles. The van der Waals surface area contributed by atoms with Crippen molar-refractivity contribution in [1.82, 2.24) is 14.6 Å². The highest BCUT2D eigenvalue weighted by Gasteiger charge is 2.46. The molecule has 1 fully saturated rings. The minimum Gasteiger partial charge on any atom is -0.480 e. The van der Waals surface area contributed by atoms with Crippen molar-refractivity contribution in [3.8, 4) is 0 Å². The van der Waals surface area contributed by atoms with E-state index in [1.807, 2.05) is 13.8 Å². The zero-order valence-electron chi connectivity index (χ0n) is 22.2. The molecule has 210 valence electrons. The van der Waals surface area contributed by atoms with Crippen LogP contribution in [0.5, 0.6) is 0 Å². The molecule has 3 N–H and O–H groups in total. The number of aryl methyl sites for hydroxylation is 1. The lowest BCUT2D eigenvalue weighted by atomic mass is 10.1. The molecule has 1 aliphatic rings. The van der Waals surface area contributed by atoms with Crippen molar-refractivity contribution in [3.05, 3.63) is 89.7 Å². The lowest BCUT2D eigenvalue weighted by Gasteiger charge is -2.31. The van der Waals surface area contributed by atoms with Crippen LogP contribution >= 0.6 is 11.8 Å². The molecule has 0 saturated carbocycles. The summed E-state index contributed by atoms with van der Waals surface area (Å²) >= 11 is 1.24. The van der Waals surface area contributed by atoms with Gasteiger partial charge in [0.25, 0.3) is 21.8 Å². The zero-order chi connectivity index (χ0) is 29.1. The van der Waals surface area contributed by atoms with Crippen LogP contribution in [0.4, 0.5) is 5.69 Å². The first-order valence-corrected chi connectivity index (χ1v) is 14.9. The van der Waals surface area contributed by atoms with Crippen LogP contribution < -0.4 is 10.6 Å². The molecule has 0 bridgehead atoms. The topological polar surface area (TPSA) is 146 Å². The summed E-state index contributed by atoms with van der Waals surface area (Å²) in [6, 6.07) is 13.7. The van der Waals surface area contributed by atoms with Crippen LogP contribution in [0.1, 0.15) is 35.3 Å². The minimum atomic E-state index is -4.52. The molecule has 2 heterocycles. The zero-order valence-corrected chi connectivity index (χ0v) is 23.8. The van der Waals surface area contributed by atoms with Crippen LogP contribution in [0.2, 0.25) is 0 Å². The fourth-order valence-corrected chi connectivity index (χ4v) is 7.11. The van der Waals surface area contributed by atoms with Gasteiger partial charge in [-0.15, -0.1) is 11.8 Å². The number of aromatic nitrogens is 1. The molecule has 0 aliphatic carbocycles. The Morgan fingerprint density at radius 1 is 1.07 bits per heavy atom. The molecule has 0 radical (unpaired) electrons. The summed E-state index contributed by atoms with van der Waals surface area (Å²) in [5.41, 5.74) is 1.74. The predicted octanol–water partition coefficient (Wildman–Crippen LogP) is 3.30. The Hall–Kier alpha value is -3.74. The number of carbonyl (C=O) groups excluding carboxylic acids is 2. The van der Waals surface area contributed by atoms with Crippen LogP contribution in [-0.4, -0.2) is 63.3 Å². The van der Waals surface area contributed by atoms with E-state index in [0.717, 1.165) is 5.56 Å². The first-order valence-electron chi connectivity index (χ1n) is 12.4. The summed E-state index contributed by atoms with van der Waals surface area (Å²) in [5, 5.41) is 15.1. The summed E-state index contributed by atoms with van der Waals surface area (Å²) in [6.45, 7) is 5.56. The van der Waals surface area contributed by atoms with Gasteiger partial charge < -0.3 is 10.4 Å². The van der Waals surface area contributed by atoms with Crippen LogP contribution in [0, 0.1) is 6.92 Å². The maximum absolute atomic E-state index is 13.8. The van der Waals surface area contributed by atoms with E-state index in [4.69, 9.17) is 0 Å². The van der Waals surface area contributed by atoms with Gasteiger partial charge >= 0.3 is 5.97 Å². The number of aliphatic carboxylic acids is 1. The molecule has 2 aromatic carbocycles. The second-order valence-electron chi connectivity index (χ2n) is 10.1. The quantitative estimate of drug-likeness (QED) is 0.346. The van der Waals surface area contributed by atoms with Gasteiger partial charge in [-0.3, -0.25) is 19.9 Å². The summed E-state index contributed by atoms with van der Waals surface area (Å²) in [6.07, 6.45) is 2.73. The Kier molecular flexibility index (Phi) is 8.62. The highest BCUT2D eigenvalue weighted by molar-refractivity contribution is 8.01. The molecule has 4 rings (SSSR count). The Labute approximate surface area is 237 Å². The Bertz CT molecular complexity index is 1490.